The standard InChI is InChI=1S/C21H25ClFNO2/c22-18-4-3-14(2-1-5-25)7-17(18)19(26)24-13-20-8-15-6-16(9-20)11-21(23,10-15)12-20/h3-5,7,15-16H,1-2,6,8-13H2,(H,24,26). The largest absolute Gasteiger partial charge is 0.351 e. The van der Waals surface area contributed by atoms with Gasteiger partial charge in [-0.25, -0.2) is 4.39 Å². The third kappa shape index (κ3) is 3.40. The van der Waals surface area contributed by atoms with Crippen LogP contribution in [-0.4, -0.2) is 24.4 Å². The minimum Gasteiger partial charge on any atom is -0.351 e. The van der Waals surface area contributed by atoms with Crippen molar-refractivity contribution < 1.29 is 14.0 Å². The average molecular weight is 378 g/mol. The van der Waals surface area contributed by atoms with Crippen LogP contribution in [0.3, 0.4) is 0 Å². The summed E-state index contributed by atoms with van der Waals surface area (Å²) < 4.78 is 15.0. The lowest BCUT2D eigenvalue weighted by Crippen LogP contribution is -2.57. The minimum atomic E-state index is -1.01. The van der Waals surface area contributed by atoms with Gasteiger partial charge in [0.15, 0.2) is 0 Å². The Morgan fingerprint density at radius 3 is 2.65 bits per heavy atom. The highest BCUT2D eigenvalue weighted by Gasteiger charge is 2.58. The predicted octanol–water partition coefficient (Wildman–Crippen LogP) is 4.51. The summed E-state index contributed by atoms with van der Waals surface area (Å²) in [5.41, 5.74) is 0.260. The summed E-state index contributed by atoms with van der Waals surface area (Å²) in [4.78, 5) is 23.3. The van der Waals surface area contributed by atoms with Crippen molar-refractivity contribution in [3.63, 3.8) is 0 Å². The second-order valence-corrected chi connectivity index (χ2v) is 9.22. The van der Waals surface area contributed by atoms with Crippen LogP contribution in [-0.2, 0) is 11.2 Å². The minimum absolute atomic E-state index is 0.0872. The fourth-order valence-corrected chi connectivity index (χ4v) is 6.24. The predicted molar refractivity (Wildman–Crippen MR) is 99.1 cm³/mol. The molecule has 4 fully saturated rings. The molecular formula is C21H25ClFNO2. The highest BCUT2D eigenvalue weighted by atomic mass is 35.5. The van der Waals surface area contributed by atoms with Crippen molar-refractivity contribution >= 4 is 23.8 Å². The van der Waals surface area contributed by atoms with Crippen LogP contribution in [0.15, 0.2) is 18.2 Å². The summed E-state index contributed by atoms with van der Waals surface area (Å²) in [7, 11) is 0. The molecule has 4 aliphatic carbocycles. The molecule has 1 aromatic carbocycles. The number of carbonyl (C=O) groups is 2. The Bertz CT molecular complexity index is 721. The number of alkyl halides is 1. The molecule has 5 rings (SSSR count). The van der Waals surface area contributed by atoms with Gasteiger partial charge in [-0.1, -0.05) is 17.7 Å². The Balaban J connectivity index is 1.45. The zero-order valence-electron chi connectivity index (χ0n) is 14.9. The van der Waals surface area contributed by atoms with Crippen molar-refractivity contribution in [2.45, 2.75) is 57.0 Å². The molecule has 26 heavy (non-hydrogen) atoms. The van der Waals surface area contributed by atoms with Gasteiger partial charge in [0, 0.05) is 13.0 Å². The topological polar surface area (TPSA) is 46.2 Å². The van der Waals surface area contributed by atoms with Gasteiger partial charge in [0.1, 0.15) is 12.0 Å². The molecule has 0 heterocycles. The van der Waals surface area contributed by atoms with Gasteiger partial charge < -0.3 is 10.1 Å². The molecule has 3 nitrogen and oxygen atoms in total. The van der Waals surface area contributed by atoms with Gasteiger partial charge in [0.05, 0.1) is 10.6 Å². The van der Waals surface area contributed by atoms with Crippen LogP contribution in [0.4, 0.5) is 4.39 Å². The first kappa shape index (κ1) is 18.0. The van der Waals surface area contributed by atoms with Crippen LogP contribution in [0.1, 0.15) is 60.9 Å². The van der Waals surface area contributed by atoms with Gasteiger partial charge in [-0.3, -0.25) is 4.79 Å². The Hall–Kier alpha value is -1.42. The first-order valence-electron chi connectivity index (χ1n) is 9.60. The molecular weight excluding hydrogens is 353 g/mol. The lowest BCUT2D eigenvalue weighted by molar-refractivity contribution is -0.121. The second-order valence-electron chi connectivity index (χ2n) is 8.81. The average Bonchev–Trinajstić information content (AvgIpc) is 2.57. The summed E-state index contributed by atoms with van der Waals surface area (Å²) in [6.45, 7) is 0.527. The van der Waals surface area contributed by atoms with Gasteiger partial charge in [0.2, 0.25) is 0 Å². The zero-order valence-corrected chi connectivity index (χ0v) is 15.7. The van der Waals surface area contributed by atoms with Crippen LogP contribution >= 0.6 is 11.6 Å². The van der Waals surface area contributed by atoms with E-state index >= 15 is 4.39 Å². The second kappa shape index (κ2) is 6.63. The zero-order chi connectivity index (χ0) is 18.4. The first-order valence-corrected chi connectivity index (χ1v) is 9.97. The molecule has 0 aliphatic heterocycles. The molecule has 5 heteroatoms. The summed E-state index contributed by atoms with van der Waals surface area (Å²) >= 11 is 6.21. The molecule has 0 aromatic heterocycles. The number of carbonyl (C=O) groups excluding carboxylic acids is 2. The molecule has 1 amide bonds. The summed E-state index contributed by atoms with van der Waals surface area (Å²) in [6.07, 6.45) is 7.12. The van der Waals surface area contributed by atoms with E-state index in [1.54, 1.807) is 12.1 Å². The number of rotatable bonds is 6. The summed E-state index contributed by atoms with van der Waals surface area (Å²) in [5.74, 6) is 0.758. The van der Waals surface area contributed by atoms with E-state index in [0.29, 0.717) is 61.1 Å². The Labute approximate surface area is 158 Å². The number of nitrogens with one attached hydrogen (secondary N) is 1. The van der Waals surface area contributed by atoms with E-state index in [2.05, 4.69) is 5.32 Å². The molecule has 4 aliphatic rings. The number of hydrogen-bond acceptors (Lipinski definition) is 2. The highest BCUT2D eigenvalue weighted by molar-refractivity contribution is 6.33. The Kier molecular flexibility index (Phi) is 4.58. The van der Waals surface area contributed by atoms with Crippen LogP contribution in [0, 0.1) is 17.3 Å². The van der Waals surface area contributed by atoms with Crippen LogP contribution in [0.5, 0.6) is 0 Å². The normalized spacial score (nSPS) is 34.7. The molecule has 1 N–H and O–H groups in total. The van der Waals surface area contributed by atoms with Gasteiger partial charge in [0.25, 0.3) is 5.91 Å². The first-order chi connectivity index (χ1) is 12.4. The lowest BCUT2D eigenvalue weighted by atomic mass is 9.48. The molecule has 4 saturated carbocycles. The maximum Gasteiger partial charge on any atom is 0.252 e. The molecule has 4 bridgehead atoms. The molecule has 2 atom stereocenters. The quantitative estimate of drug-likeness (QED) is 0.741. The molecule has 140 valence electrons. The monoisotopic (exact) mass is 377 g/mol. The van der Waals surface area contributed by atoms with Gasteiger partial charge in [-0.05, 0) is 79.9 Å². The Morgan fingerprint density at radius 1 is 1.27 bits per heavy atom. The fraction of sp³-hybridized carbons (Fsp3) is 0.619. The molecule has 2 unspecified atom stereocenters. The molecule has 0 radical (unpaired) electrons. The fourth-order valence-electron chi connectivity index (χ4n) is 6.03. The van der Waals surface area contributed by atoms with E-state index in [4.69, 9.17) is 11.6 Å². The van der Waals surface area contributed by atoms with E-state index < -0.39 is 5.67 Å². The van der Waals surface area contributed by atoms with Crippen molar-refractivity contribution in [2.24, 2.45) is 17.3 Å². The van der Waals surface area contributed by atoms with E-state index in [-0.39, 0.29) is 11.3 Å². The number of benzene rings is 1. The van der Waals surface area contributed by atoms with Crippen molar-refractivity contribution in [3.8, 4) is 0 Å². The lowest BCUT2D eigenvalue weighted by Gasteiger charge is -2.59. The Morgan fingerprint density at radius 2 is 2.00 bits per heavy atom. The maximum atomic E-state index is 15.0. The van der Waals surface area contributed by atoms with Gasteiger partial charge >= 0.3 is 0 Å². The van der Waals surface area contributed by atoms with Crippen LogP contribution in [0.2, 0.25) is 5.02 Å². The number of aldehydes is 1. The maximum absolute atomic E-state index is 15.0. The van der Waals surface area contributed by atoms with Gasteiger partial charge in [-0.2, -0.15) is 0 Å². The van der Waals surface area contributed by atoms with Crippen molar-refractivity contribution in [3.05, 3.63) is 34.3 Å². The molecule has 0 spiro atoms. The van der Waals surface area contributed by atoms with Crippen LogP contribution < -0.4 is 5.32 Å². The smallest absolute Gasteiger partial charge is 0.252 e. The van der Waals surface area contributed by atoms with Crippen LogP contribution in [0.25, 0.3) is 0 Å². The molecule has 1 aromatic rings. The number of hydrogen-bond donors (Lipinski definition) is 1. The third-order valence-electron chi connectivity index (χ3n) is 6.56. The van der Waals surface area contributed by atoms with E-state index in [1.807, 2.05) is 6.07 Å². The van der Waals surface area contributed by atoms with E-state index in [0.717, 1.165) is 31.1 Å². The van der Waals surface area contributed by atoms with Gasteiger partial charge in [-0.15, -0.1) is 0 Å². The number of halogens is 2. The van der Waals surface area contributed by atoms with Crippen molar-refractivity contribution in [1.29, 1.82) is 0 Å². The van der Waals surface area contributed by atoms with E-state index in [1.165, 1.54) is 0 Å². The number of amides is 1. The van der Waals surface area contributed by atoms with Crippen molar-refractivity contribution in [2.75, 3.05) is 6.54 Å². The summed E-state index contributed by atoms with van der Waals surface area (Å²) in [5, 5.41) is 3.45. The van der Waals surface area contributed by atoms with E-state index in [9.17, 15) is 9.59 Å². The SMILES string of the molecule is O=CCCc1ccc(Cl)c(C(=O)NCC23CC4CC(CC(F)(C4)C2)C3)c1. The third-order valence-corrected chi connectivity index (χ3v) is 6.89. The highest BCUT2D eigenvalue weighted by Crippen LogP contribution is 2.62. The number of aryl methyl sites for hydroxylation is 1. The molecule has 0 saturated heterocycles. The summed E-state index contributed by atoms with van der Waals surface area (Å²) in [6, 6.07) is 5.31. The van der Waals surface area contributed by atoms with Crippen molar-refractivity contribution in [1.82, 2.24) is 5.32 Å².